The lowest BCUT2D eigenvalue weighted by atomic mass is 9.91. The molecule has 4 rings (SSSR count). The molecule has 1 aliphatic heterocycles. The number of aliphatic hydroxyl groups excluding tert-OH is 1. The molecular weight excluding hydrogens is 632 g/mol. The van der Waals surface area contributed by atoms with Gasteiger partial charge in [0.1, 0.15) is 30.3 Å². The Balaban J connectivity index is 1.55. The van der Waals surface area contributed by atoms with Crippen LogP contribution >= 0.6 is 22.6 Å². The highest BCUT2D eigenvalue weighted by Crippen LogP contribution is 2.32. The maximum absolute atomic E-state index is 14.6. The fourth-order valence-electron chi connectivity index (χ4n) is 4.43. The largest absolute Gasteiger partial charge is 0.491 e. The Morgan fingerprint density at radius 1 is 1.07 bits per heavy atom. The SMILES string of the molecule is CC(c1ccccc1)C(C(=O)Nc1ccc(I)cc1F)N1C(=O)N[C@H](c2ccc(OCCOCCO)cc2)C1=O. The predicted molar refractivity (Wildman–Crippen MR) is 154 cm³/mol. The van der Waals surface area contributed by atoms with Crippen LogP contribution in [0.3, 0.4) is 0 Å². The second kappa shape index (κ2) is 13.7. The molecule has 0 bridgehead atoms. The van der Waals surface area contributed by atoms with E-state index in [0.717, 1.165) is 10.5 Å². The molecule has 0 aromatic heterocycles. The molecule has 0 spiro atoms. The van der Waals surface area contributed by atoms with Gasteiger partial charge in [-0.25, -0.2) is 14.1 Å². The van der Waals surface area contributed by atoms with E-state index in [4.69, 9.17) is 14.6 Å². The first-order valence-corrected chi connectivity index (χ1v) is 13.7. The Bertz CT molecular complexity index is 1340. The van der Waals surface area contributed by atoms with Gasteiger partial charge in [0.05, 0.1) is 25.5 Å². The second-order valence-corrected chi connectivity index (χ2v) is 10.3. The van der Waals surface area contributed by atoms with Crippen molar-refractivity contribution in [2.45, 2.75) is 24.9 Å². The predicted octanol–water partition coefficient (Wildman–Crippen LogP) is 4.22. The highest BCUT2D eigenvalue weighted by molar-refractivity contribution is 14.1. The Morgan fingerprint density at radius 3 is 2.48 bits per heavy atom. The highest BCUT2D eigenvalue weighted by Gasteiger charge is 2.47. The van der Waals surface area contributed by atoms with E-state index in [-0.39, 0.29) is 25.5 Å². The molecule has 11 heteroatoms. The van der Waals surface area contributed by atoms with Crippen LogP contribution in [0.15, 0.2) is 72.8 Å². The van der Waals surface area contributed by atoms with Gasteiger partial charge in [0.2, 0.25) is 5.91 Å². The average molecular weight is 661 g/mol. The third-order valence-electron chi connectivity index (χ3n) is 6.45. The van der Waals surface area contributed by atoms with Crippen LogP contribution in [0.4, 0.5) is 14.9 Å². The lowest BCUT2D eigenvalue weighted by Crippen LogP contribution is -2.50. The summed E-state index contributed by atoms with van der Waals surface area (Å²) in [6.07, 6.45) is 0. The molecule has 210 valence electrons. The molecule has 4 amide bonds. The number of anilines is 1. The van der Waals surface area contributed by atoms with E-state index in [1.54, 1.807) is 61.5 Å². The van der Waals surface area contributed by atoms with Crippen molar-refractivity contribution >= 4 is 46.1 Å². The number of carbonyl (C=O) groups is 3. The van der Waals surface area contributed by atoms with Gasteiger partial charge in [0.25, 0.3) is 5.91 Å². The molecule has 0 radical (unpaired) electrons. The van der Waals surface area contributed by atoms with E-state index in [9.17, 15) is 18.8 Å². The maximum atomic E-state index is 14.6. The molecule has 3 atom stereocenters. The molecular formula is C29H29FIN3O6. The van der Waals surface area contributed by atoms with Gasteiger partial charge in [-0.1, -0.05) is 49.4 Å². The van der Waals surface area contributed by atoms with Crippen LogP contribution in [0.2, 0.25) is 0 Å². The molecule has 3 aromatic carbocycles. The Labute approximate surface area is 244 Å². The number of imide groups is 1. The lowest BCUT2D eigenvalue weighted by Gasteiger charge is -2.30. The first-order valence-electron chi connectivity index (χ1n) is 12.7. The average Bonchev–Trinajstić information content (AvgIpc) is 3.24. The normalized spacial score (nSPS) is 16.4. The topological polar surface area (TPSA) is 117 Å². The van der Waals surface area contributed by atoms with Crippen molar-refractivity contribution in [3.8, 4) is 5.75 Å². The Morgan fingerprint density at radius 2 is 1.80 bits per heavy atom. The van der Waals surface area contributed by atoms with Gasteiger partial charge < -0.3 is 25.2 Å². The second-order valence-electron chi connectivity index (χ2n) is 9.10. The van der Waals surface area contributed by atoms with E-state index in [1.165, 1.54) is 12.1 Å². The van der Waals surface area contributed by atoms with Crippen molar-refractivity contribution in [1.29, 1.82) is 0 Å². The number of hydrogen-bond donors (Lipinski definition) is 3. The summed E-state index contributed by atoms with van der Waals surface area (Å²) >= 11 is 1.96. The third kappa shape index (κ3) is 6.95. The number of urea groups is 1. The Hall–Kier alpha value is -3.55. The minimum atomic E-state index is -1.25. The van der Waals surface area contributed by atoms with Crippen LogP contribution in [-0.4, -0.2) is 60.3 Å². The monoisotopic (exact) mass is 661 g/mol. The summed E-state index contributed by atoms with van der Waals surface area (Å²) in [5.74, 6) is -1.96. The zero-order valence-corrected chi connectivity index (χ0v) is 23.8. The van der Waals surface area contributed by atoms with Crippen LogP contribution < -0.4 is 15.4 Å². The molecule has 0 aliphatic carbocycles. The number of hydrogen-bond acceptors (Lipinski definition) is 6. The van der Waals surface area contributed by atoms with Gasteiger partial charge in [-0.2, -0.15) is 0 Å². The minimum absolute atomic E-state index is 0.0448. The molecule has 3 aromatic rings. The zero-order chi connectivity index (χ0) is 28.6. The molecule has 3 N–H and O–H groups in total. The Kier molecular flexibility index (Phi) is 10.1. The van der Waals surface area contributed by atoms with E-state index in [0.29, 0.717) is 21.5 Å². The number of rotatable bonds is 12. The minimum Gasteiger partial charge on any atom is -0.491 e. The summed E-state index contributed by atoms with van der Waals surface area (Å²) in [6.45, 7) is 2.49. The number of ether oxygens (including phenoxy) is 2. The number of halogens is 2. The van der Waals surface area contributed by atoms with Crippen LogP contribution in [0.5, 0.6) is 5.75 Å². The van der Waals surface area contributed by atoms with Crippen molar-refractivity contribution in [2.75, 3.05) is 31.7 Å². The van der Waals surface area contributed by atoms with E-state index < -0.39 is 41.7 Å². The maximum Gasteiger partial charge on any atom is 0.325 e. The first kappa shape index (κ1) is 29.4. The fourth-order valence-corrected chi connectivity index (χ4v) is 4.88. The summed E-state index contributed by atoms with van der Waals surface area (Å²) in [5, 5.41) is 14.0. The molecule has 9 nitrogen and oxygen atoms in total. The first-order chi connectivity index (χ1) is 19.3. The molecule has 1 heterocycles. The van der Waals surface area contributed by atoms with Crippen molar-refractivity contribution < 1.29 is 33.4 Å². The smallest absolute Gasteiger partial charge is 0.325 e. The molecule has 40 heavy (non-hydrogen) atoms. The van der Waals surface area contributed by atoms with Gasteiger partial charge in [0, 0.05) is 9.49 Å². The van der Waals surface area contributed by atoms with Crippen molar-refractivity contribution in [3.05, 3.63) is 93.3 Å². The number of aliphatic hydroxyl groups is 1. The van der Waals surface area contributed by atoms with Crippen molar-refractivity contribution in [3.63, 3.8) is 0 Å². The third-order valence-corrected chi connectivity index (χ3v) is 7.12. The fraction of sp³-hybridized carbons (Fsp3) is 0.276. The summed E-state index contributed by atoms with van der Waals surface area (Å²) in [7, 11) is 0. The molecule has 1 saturated heterocycles. The van der Waals surface area contributed by atoms with Gasteiger partial charge in [0.15, 0.2) is 0 Å². The molecule has 1 fully saturated rings. The number of carbonyl (C=O) groups excluding carboxylic acids is 3. The van der Waals surface area contributed by atoms with Gasteiger partial charge in [-0.3, -0.25) is 9.59 Å². The zero-order valence-electron chi connectivity index (χ0n) is 21.7. The van der Waals surface area contributed by atoms with Crippen molar-refractivity contribution in [1.82, 2.24) is 10.2 Å². The lowest BCUT2D eigenvalue weighted by molar-refractivity contribution is -0.134. The summed E-state index contributed by atoms with van der Waals surface area (Å²) in [6, 6.07) is 17.1. The van der Waals surface area contributed by atoms with Gasteiger partial charge in [-0.05, 0) is 64.0 Å². The van der Waals surface area contributed by atoms with Crippen LogP contribution in [0.1, 0.15) is 30.0 Å². The molecule has 0 saturated carbocycles. The standard InChI is InChI=1S/C29H29FIN3O6/c1-18(19-5-3-2-4-6-19)26(27(36)32-24-12-9-21(31)17-23(24)30)34-28(37)25(33-29(34)38)20-7-10-22(11-8-20)40-16-15-39-14-13-35/h2-12,17-18,25-26,35H,13-16H2,1H3,(H,32,36)(H,33,38)/t18?,25-,26?/m1/s1. The van der Waals surface area contributed by atoms with Crippen LogP contribution in [-0.2, 0) is 14.3 Å². The highest BCUT2D eigenvalue weighted by atomic mass is 127. The van der Waals surface area contributed by atoms with E-state index >= 15 is 0 Å². The van der Waals surface area contributed by atoms with E-state index in [2.05, 4.69) is 10.6 Å². The number of nitrogens with zero attached hydrogens (tertiary/aromatic N) is 1. The van der Waals surface area contributed by atoms with Crippen LogP contribution in [0.25, 0.3) is 0 Å². The van der Waals surface area contributed by atoms with Gasteiger partial charge >= 0.3 is 6.03 Å². The summed E-state index contributed by atoms with van der Waals surface area (Å²) in [4.78, 5) is 41.4. The number of benzene rings is 3. The van der Waals surface area contributed by atoms with E-state index in [1.807, 2.05) is 28.7 Å². The number of nitrogens with one attached hydrogen (secondary N) is 2. The van der Waals surface area contributed by atoms with Gasteiger partial charge in [-0.15, -0.1) is 0 Å². The van der Waals surface area contributed by atoms with Crippen molar-refractivity contribution in [2.24, 2.45) is 0 Å². The molecule has 1 aliphatic rings. The number of amides is 4. The quantitative estimate of drug-likeness (QED) is 0.152. The summed E-state index contributed by atoms with van der Waals surface area (Å²) < 4.78 is 26.0. The molecule has 2 unspecified atom stereocenters. The van der Waals surface area contributed by atoms with Crippen LogP contribution in [0, 0.1) is 9.39 Å². The summed E-state index contributed by atoms with van der Waals surface area (Å²) in [5.41, 5.74) is 1.20.